The molecule has 18 nitrogen and oxygen atoms in total. The van der Waals surface area contributed by atoms with Gasteiger partial charge in [0.15, 0.2) is 17.4 Å². The first-order valence-corrected chi connectivity index (χ1v) is 30.2. The van der Waals surface area contributed by atoms with Crippen LogP contribution < -0.4 is 5.73 Å². The van der Waals surface area contributed by atoms with Crippen molar-refractivity contribution >= 4 is 5.97 Å². The van der Waals surface area contributed by atoms with Crippen molar-refractivity contribution in [2.24, 2.45) is 29.4 Å². The molecule has 18 heteroatoms. The molecule has 0 saturated carbocycles. The van der Waals surface area contributed by atoms with Crippen LogP contribution in [0.15, 0.2) is 24.3 Å². The molecule has 16 aliphatic rings. The second-order valence-electron chi connectivity index (χ2n) is 27.4. The van der Waals surface area contributed by atoms with Gasteiger partial charge in [0, 0.05) is 70.3 Å². The molecule has 16 heterocycles. The largest absolute Gasteiger partial charge is 0.459 e. The van der Waals surface area contributed by atoms with Gasteiger partial charge in [0.25, 0.3) is 0 Å². The maximum Gasteiger partial charge on any atom is 0.308 e. The molecular weight excluding hydrogens is 995 g/mol. The summed E-state index contributed by atoms with van der Waals surface area (Å²) in [6, 6.07) is 0. The summed E-state index contributed by atoms with van der Waals surface area (Å²) in [6.45, 7) is 20.3. The Hall–Kier alpha value is -1.69. The summed E-state index contributed by atoms with van der Waals surface area (Å²) in [5.74, 6) is -2.63. The van der Waals surface area contributed by atoms with E-state index in [9.17, 15) is 9.90 Å². The van der Waals surface area contributed by atoms with Crippen molar-refractivity contribution in [1.82, 2.24) is 0 Å². The molecule has 16 saturated heterocycles. The molecule has 0 aromatic rings. The van der Waals surface area contributed by atoms with E-state index in [1.165, 1.54) is 0 Å². The van der Waals surface area contributed by atoms with E-state index < -0.39 is 65.7 Å². The molecule has 12 bridgehead atoms. The van der Waals surface area contributed by atoms with Crippen LogP contribution in [0, 0.1) is 23.7 Å². The third-order valence-electron chi connectivity index (χ3n) is 21.8. The molecule has 0 aromatic carbocycles. The van der Waals surface area contributed by atoms with Crippen LogP contribution in [-0.4, -0.2) is 181 Å². The van der Waals surface area contributed by atoms with Gasteiger partial charge in [0.1, 0.15) is 42.2 Å². The summed E-state index contributed by atoms with van der Waals surface area (Å²) in [7, 11) is 0. The summed E-state index contributed by atoms with van der Waals surface area (Å²) in [4.78, 5) is 14.6. The van der Waals surface area contributed by atoms with E-state index in [0.717, 1.165) is 49.7 Å². The molecule has 31 atom stereocenters. The number of rotatable bonds is 1. The first-order valence-electron chi connectivity index (χ1n) is 30.2. The number of carbonyl (C=O) groups excluding carboxylic acids is 1. The van der Waals surface area contributed by atoms with Gasteiger partial charge < -0.3 is 81.9 Å². The van der Waals surface area contributed by atoms with Crippen LogP contribution in [0.5, 0.6) is 0 Å². The molecule has 16 fully saturated rings. The third kappa shape index (κ3) is 8.70. The minimum Gasteiger partial charge on any atom is -0.459 e. The van der Waals surface area contributed by atoms with Crippen molar-refractivity contribution in [2.75, 3.05) is 6.54 Å². The Kier molecular flexibility index (Phi) is 12.8. The number of nitrogens with two attached hydrogens (primary N) is 1. The molecule has 0 unspecified atom stereocenters. The standard InChI is InChI=1S/C59H85NO17/c1-26-14-32-8-10-36-27(2)15-34(63-36)12-13-57-25-56(7)55(77-57)54-53(74-56)52(76-57)51-37(67-54)11-9-33(65-51)16-46(62)70-50-31(6)49-41(66-40(50)18-38(64-32)30(26)5)19-39-43(68-49)22-59(71-39)23-44-48(75-59)29(4)21-58(73-44)20-28(3)47-42(72-58)17-35(61)45(24-60)69-47/h26,28-29,31-45,47-55,61H,2,5,8-25,60H2,1,3-4,6-7H3/t26-,28+,29+,31+,32+,33-,34+,35-,36+,37+,38-,39-,40+,41+,42+,43-,44+,45-,47+,48+,49+,50-,51+,52+,53+,54-,55-,56-,57-,58-,59+/m1/s1. The van der Waals surface area contributed by atoms with Crippen LogP contribution in [0.25, 0.3) is 0 Å². The lowest BCUT2D eigenvalue weighted by molar-refractivity contribution is -0.370. The third-order valence-corrected chi connectivity index (χ3v) is 21.8. The molecule has 428 valence electrons. The average molecular weight is 1080 g/mol. The van der Waals surface area contributed by atoms with Gasteiger partial charge in [-0.15, -0.1) is 0 Å². The first kappa shape index (κ1) is 52.1. The Morgan fingerprint density at radius 1 is 0.545 bits per heavy atom. The minimum atomic E-state index is -0.899. The summed E-state index contributed by atoms with van der Waals surface area (Å²) >= 11 is 0. The average Bonchev–Trinajstić information content (AvgIpc) is 4.13. The van der Waals surface area contributed by atoms with Crippen LogP contribution in [0.1, 0.15) is 144 Å². The second kappa shape index (κ2) is 18.9. The number of fused-ring (bicyclic) bond motifs is 10. The number of ether oxygens (including phenoxy) is 15. The van der Waals surface area contributed by atoms with Gasteiger partial charge >= 0.3 is 5.97 Å². The van der Waals surface area contributed by atoms with Crippen molar-refractivity contribution in [1.29, 1.82) is 0 Å². The van der Waals surface area contributed by atoms with Crippen molar-refractivity contribution in [3.63, 3.8) is 0 Å². The summed E-state index contributed by atoms with van der Waals surface area (Å²) in [5, 5.41) is 10.9. The number of esters is 1. The van der Waals surface area contributed by atoms with Crippen molar-refractivity contribution in [3.8, 4) is 0 Å². The number of hydrogen-bond acceptors (Lipinski definition) is 18. The van der Waals surface area contributed by atoms with Gasteiger partial charge in [0.05, 0.1) is 110 Å². The predicted octanol–water partition coefficient (Wildman–Crippen LogP) is 5.53. The first-order chi connectivity index (χ1) is 36.9. The van der Waals surface area contributed by atoms with Crippen molar-refractivity contribution in [3.05, 3.63) is 24.3 Å². The number of hydrogen-bond donors (Lipinski definition) is 2. The molecule has 77 heavy (non-hydrogen) atoms. The molecule has 3 N–H and O–H groups in total. The molecule has 16 aliphatic heterocycles. The van der Waals surface area contributed by atoms with Gasteiger partial charge in [-0.2, -0.15) is 0 Å². The van der Waals surface area contributed by atoms with E-state index in [0.29, 0.717) is 64.2 Å². The Labute approximate surface area is 452 Å². The quantitative estimate of drug-likeness (QED) is 0.245. The topological polar surface area (TPSA) is 202 Å². The van der Waals surface area contributed by atoms with E-state index in [4.69, 9.17) is 76.8 Å². The maximum absolute atomic E-state index is 14.6. The van der Waals surface area contributed by atoms with Gasteiger partial charge in [-0.25, -0.2) is 0 Å². The zero-order chi connectivity index (χ0) is 52.7. The second-order valence-corrected chi connectivity index (χ2v) is 27.4. The molecule has 3 spiro atoms. The van der Waals surface area contributed by atoms with E-state index in [1.807, 2.05) is 0 Å². The normalized spacial score (nSPS) is 59.6. The Morgan fingerprint density at radius 3 is 2.09 bits per heavy atom. The Bertz CT molecular complexity index is 2330. The molecule has 16 rings (SSSR count). The predicted molar refractivity (Wildman–Crippen MR) is 270 cm³/mol. The summed E-state index contributed by atoms with van der Waals surface area (Å²) in [6.07, 6.45) is 3.82. The lowest BCUT2D eigenvalue weighted by Gasteiger charge is -2.54. The highest BCUT2D eigenvalue weighted by atomic mass is 16.8. The highest BCUT2D eigenvalue weighted by Gasteiger charge is 2.73. The maximum atomic E-state index is 14.6. The molecule has 0 amide bonds. The van der Waals surface area contributed by atoms with Gasteiger partial charge in [0.2, 0.25) is 0 Å². The molecular formula is C59H85NO17. The van der Waals surface area contributed by atoms with Crippen LogP contribution in [0.2, 0.25) is 0 Å². The van der Waals surface area contributed by atoms with Crippen LogP contribution in [0.4, 0.5) is 0 Å². The minimum absolute atomic E-state index is 0.0105. The van der Waals surface area contributed by atoms with E-state index >= 15 is 0 Å². The molecule has 0 aromatic heterocycles. The van der Waals surface area contributed by atoms with E-state index in [2.05, 4.69) is 47.8 Å². The highest BCUT2D eigenvalue weighted by Crippen LogP contribution is 2.60. The fraction of sp³-hybridized carbons (Fsp3) is 0.915. The smallest absolute Gasteiger partial charge is 0.308 e. The summed E-state index contributed by atoms with van der Waals surface area (Å²) < 4.78 is 104. The summed E-state index contributed by atoms with van der Waals surface area (Å²) in [5.41, 5.74) is 7.58. The zero-order valence-corrected chi connectivity index (χ0v) is 45.8. The van der Waals surface area contributed by atoms with Gasteiger partial charge in [-0.3, -0.25) is 4.79 Å². The van der Waals surface area contributed by atoms with Crippen molar-refractivity contribution < 1.29 is 81.0 Å². The van der Waals surface area contributed by atoms with Gasteiger partial charge in [-0.1, -0.05) is 40.9 Å². The van der Waals surface area contributed by atoms with E-state index in [1.54, 1.807) is 0 Å². The Morgan fingerprint density at radius 2 is 1.25 bits per heavy atom. The molecule has 0 radical (unpaired) electrons. The highest BCUT2D eigenvalue weighted by molar-refractivity contribution is 5.70. The van der Waals surface area contributed by atoms with Crippen molar-refractivity contribution in [2.45, 2.75) is 307 Å². The lowest BCUT2D eigenvalue weighted by Crippen LogP contribution is -2.63. The monoisotopic (exact) mass is 1080 g/mol. The van der Waals surface area contributed by atoms with Crippen LogP contribution in [-0.2, 0) is 75.8 Å². The van der Waals surface area contributed by atoms with Crippen LogP contribution >= 0.6 is 0 Å². The van der Waals surface area contributed by atoms with E-state index in [-0.39, 0.29) is 140 Å². The zero-order valence-electron chi connectivity index (χ0n) is 45.8. The lowest BCUT2D eigenvalue weighted by atomic mass is 9.78. The van der Waals surface area contributed by atoms with Gasteiger partial charge in [-0.05, 0) is 80.8 Å². The number of aliphatic hydroxyl groups excluding tert-OH is 1. The fourth-order valence-corrected chi connectivity index (χ4v) is 18.2. The fourth-order valence-electron chi connectivity index (χ4n) is 18.2. The number of aliphatic hydroxyl groups is 1. The number of carbonyl (C=O) groups is 1. The Balaban J connectivity index is 0.671. The van der Waals surface area contributed by atoms with Crippen LogP contribution in [0.3, 0.4) is 0 Å². The SMILES string of the molecule is C=C1C[C@@H]2CC[C@@]34C[C@@]5(C)O[C@H]6[C@@H](O3)[C@H]3O[C@H](CC[C@@H]3O[C@H]6[C@H]5O4)CC(=O)O[C@@H]3[C@@H](C)[C@@H]4O[C@@H]5C[C@]6(C[C@@H]7O[C@]8(C[C@H](C)[C@@H]9O[C@H](CN)[C@H](O)C[C@@H]9O8)C[C@H](C)[C@@H]7O6)O[C@@H]5C[C@@H]4O[C@H]3C[C@H]3O[C@@H](CC[C@@H]1O2)C[C@@H](C)C3=C. The molecule has 0 aliphatic carbocycles.